The van der Waals surface area contributed by atoms with Crippen molar-refractivity contribution in [3.63, 3.8) is 0 Å². The average molecular weight is 443 g/mol. The highest BCUT2D eigenvalue weighted by molar-refractivity contribution is 6.01. The summed E-state index contributed by atoms with van der Waals surface area (Å²) in [6, 6.07) is 20.5. The molecule has 4 aromatic rings. The van der Waals surface area contributed by atoms with Gasteiger partial charge in [0.25, 0.3) is 6.01 Å². The molecular weight excluding hydrogens is 422 g/mol. The van der Waals surface area contributed by atoms with E-state index >= 15 is 0 Å². The van der Waals surface area contributed by atoms with Gasteiger partial charge in [0.15, 0.2) is 0 Å². The molecule has 1 aromatic heterocycles. The number of fused-ring (bicyclic) bond motifs is 1. The first kappa shape index (κ1) is 21.8. The van der Waals surface area contributed by atoms with Crippen LogP contribution in [0.25, 0.3) is 22.2 Å². The van der Waals surface area contributed by atoms with E-state index < -0.39 is 12.1 Å². The zero-order valence-corrected chi connectivity index (χ0v) is 17.8. The Morgan fingerprint density at radius 3 is 2.48 bits per heavy atom. The van der Waals surface area contributed by atoms with Crippen molar-refractivity contribution < 1.29 is 24.5 Å². The van der Waals surface area contributed by atoms with Crippen molar-refractivity contribution in [1.82, 2.24) is 9.55 Å². The van der Waals surface area contributed by atoms with Gasteiger partial charge >= 0.3 is 12.1 Å². The first-order valence-electron chi connectivity index (χ1n) is 10.3. The fourth-order valence-electron chi connectivity index (χ4n) is 3.69. The lowest BCUT2D eigenvalue weighted by Crippen LogP contribution is -2.08. The number of nitrogens with zero attached hydrogens (tertiary/aromatic N) is 3. The summed E-state index contributed by atoms with van der Waals surface area (Å²) in [6.45, 7) is 2.62. The number of benzene rings is 3. The number of carboxylic acid groups (broad SMARTS) is 2. The standard InChI is InChI=1S/C25H21N3O5/c1-2-33-24-27-21-9-5-8-20(23(29)30)22(21)28(24)15-16-10-12-17(13-11-16)19-7-4-3-6-18(19)14-26-25(31)32/h3-14H,2,15H2,1H3,(H,29,30)(H,31,32)/b26-14+. The third-order valence-electron chi connectivity index (χ3n) is 5.12. The molecule has 0 radical (unpaired) electrons. The van der Waals surface area contributed by atoms with E-state index in [1.165, 1.54) is 6.21 Å². The summed E-state index contributed by atoms with van der Waals surface area (Å²) >= 11 is 0. The molecule has 0 bridgehead atoms. The lowest BCUT2D eigenvalue weighted by atomic mass is 9.99. The zero-order valence-electron chi connectivity index (χ0n) is 17.8. The Bertz CT molecular complexity index is 1360. The molecule has 0 spiro atoms. The van der Waals surface area contributed by atoms with E-state index in [-0.39, 0.29) is 5.56 Å². The smallest absolute Gasteiger partial charge is 0.431 e. The predicted molar refractivity (Wildman–Crippen MR) is 124 cm³/mol. The number of amides is 1. The van der Waals surface area contributed by atoms with Crippen LogP contribution in [0.3, 0.4) is 0 Å². The highest BCUT2D eigenvalue weighted by Gasteiger charge is 2.19. The summed E-state index contributed by atoms with van der Waals surface area (Å²) in [6.07, 6.45) is 0.0731. The Balaban J connectivity index is 1.71. The van der Waals surface area contributed by atoms with Gasteiger partial charge in [-0.1, -0.05) is 54.6 Å². The fraction of sp³-hybridized carbons (Fsp3) is 0.120. The molecule has 0 atom stereocenters. The van der Waals surface area contributed by atoms with E-state index in [0.717, 1.165) is 16.7 Å². The molecule has 4 rings (SSSR count). The van der Waals surface area contributed by atoms with Crippen LogP contribution in [0.15, 0.2) is 71.7 Å². The number of rotatable bonds is 7. The maximum Gasteiger partial charge on any atom is 0.431 e. The summed E-state index contributed by atoms with van der Waals surface area (Å²) in [5.41, 5.74) is 4.60. The van der Waals surface area contributed by atoms with Crippen LogP contribution in [0.4, 0.5) is 4.79 Å². The molecule has 8 nitrogen and oxygen atoms in total. The molecule has 33 heavy (non-hydrogen) atoms. The average Bonchev–Trinajstić information content (AvgIpc) is 3.15. The van der Waals surface area contributed by atoms with E-state index in [1.54, 1.807) is 28.8 Å². The maximum absolute atomic E-state index is 11.8. The van der Waals surface area contributed by atoms with Crippen molar-refractivity contribution in [2.75, 3.05) is 6.61 Å². The molecule has 0 unspecified atom stereocenters. The molecule has 0 aliphatic rings. The van der Waals surface area contributed by atoms with Gasteiger partial charge in [-0.25, -0.2) is 9.59 Å². The van der Waals surface area contributed by atoms with Crippen LogP contribution in [0, 0.1) is 0 Å². The monoisotopic (exact) mass is 443 g/mol. The summed E-state index contributed by atoms with van der Waals surface area (Å²) in [7, 11) is 0. The third kappa shape index (κ3) is 4.59. The van der Waals surface area contributed by atoms with Crippen LogP contribution in [0.5, 0.6) is 6.01 Å². The number of aromatic carboxylic acids is 1. The summed E-state index contributed by atoms with van der Waals surface area (Å²) in [5, 5.41) is 18.5. The van der Waals surface area contributed by atoms with Crippen molar-refractivity contribution in [2.24, 2.45) is 4.99 Å². The second-order valence-electron chi connectivity index (χ2n) is 7.22. The van der Waals surface area contributed by atoms with Gasteiger partial charge in [-0.05, 0) is 35.7 Å². The van der Waals surface area contributed by atoms with Crippen molar-refractivity contribution in [3.05, 3.63) is 83.4 Å². The predicted octanol–water partition coefficient (Wildman–Crippen LogP) is 4.95. The van der Waals surface area contributed by atoms with Gasteiger partial charge in [-0.2, -0.15) is 9.98 Å². The van der Waals surface area contributed by atoms with Crippen LogP contribution in [-0.4, -0.2) is 44.6 Å². The molecule has 0 fully saturated rings. The SMILES string of the molecule is CCOc1nc2cccc(C(=O)O)c2n1Cc1ccc(-c2ccccc2/C=N/C(=O)O)cc1. The number of hydrogen-bond acceptors (Lipinski definition) is 4. The molecule has 1 amide bonds. The first-order valence-corrected chi connectivity index (χ1v) is 10.3. The van der Waals surface area contributed by atoms with Crippen LogP contribution in [-0.2, 0) is 6.54 Å². The van der Waals surface area contributed by atoms with Crippen molar-refractivity contribution in [3.8, 4) is 17.1 Å². The summed E-state index contributed by atoms with van der Waals surface area (Å²) < 4.78 is 7.45. The van der Waals surface area contributed by atoms with E-state index in [9.17, 15) is 14.7 Å². The van der Waals surface area contributed by atoms with Crippen LogP contribution in [0.2, 0.25) is 0 Å². The Labute approximate surface area is 189 Å². The number of carboxylic acids is 1. The highest BCUT2D eigenvalue weighted by Crippen LogP contribution is 2.28. The van der Waals surface area contributed by atoms with E-state index in [4.69, 9.17) is 9.84 Å². The number of hydrogen-bond donors (Lipinski definition) is 2. The van der Waals surface area contributed by atoms with Gasteiger partial charge in [0.2, 0.25) is 0 Å². The largest absolute Gasteiger partial charge is 0.478 e. The van der Waals surface area contributed by atoms with Crippen molar-refractivity contribution in [2.45, 2.75) is 13.5 Å². The van der Waals surface area contributed by atoms with Crippen molar-refractivity contribution in [1.29, 1.82) is 0 Å². The van der Waals surface area contributed by atoms with Gasteiger partial charge in [-0.3, -0.25) is 4.57 Å². The Hall–Kier alpha value is -4.46. The number of ether oxygens (including phenoxy) is 1. The van der Waals surface area contributed by atoms with E-state index in [0.29, 0.717) is 35.8 Å². The minimum atomic E-state index is -1.25. The molecule has 1 heterocycles. The molecule has 2 N–H and O–H groups in total. The normalized spacial score (nSPS) is 11.2. The van der Waals surface area contributed by atoms with Crippen LogP contribution < -0.4 is 4.74 Å². The van der Waals surface area contributed by atoms with Gasteiger partial charge < -0.3 is 14.9 Å². The number of aromatic nitrogens is 2. The first-order chi connectivity index (χ1) is 16.0. The van der Waals surface area contributed by atoms with Crippen LogP contribution in [0.1, 0.15) is 28.4 Å². The number of imidazole rings is 1. The van der Waals surface area contributed by atoms with Crippen molar-refractivity contribution >= 4 is 29.3 Å². The Kier molecular flexibility index (Phi) is 6.17. The topological polar surface area (TPSA) is 114 Å². The number of carbonyl (C=O) groups is 2. The van der Waals surface area contributed by atoms with Gasteiger partial charge in [0, 0.05) is 11.8 Å². The minimum absolute atomic E-state index is 0.161. The molecular formula is C25H21N3O5. The Morgan fingerprint density at radius 2 is 1.79 bits per heavy atom. The molecule has 8 heteroatoms. The lowest BCUT2D eigenvalue weighted by molar-refractivity contribution is 0.0698. The zero-order chi connectivity index (χ0) is 23.4. The second-order valence-corrected chi connectivity index (χ2v) is 7.22. The molecule has 0 saturated carbocycles. The van der Waals surface area contributed by atoms with Gasteiger partial charge in [0.05, 0.1) is 29.7 Å². The lowest BCUT2D eigenvalue weighted by Gasteiger charge is -2.12. The van der Waals surface area contributed by atoms with E-state index in [1.807, 2.05) is 49.4 Å². The number of para-hydroxylation sites is 1. The second kappa shape index (κ2) is 9.35. The van der Waals surface area contributed by atoms with Gasteiger partial charge in [0.1, 0.15) is 0 Å². The van der Waals surface area contributed by atoms with Gasteiger partial charge in [-0.15, -0.1) is 0 Å². The minimum Gasteiger partial charge on any atom is -0.478 e. The Morgan fingerprint density at radius 1 is 1.03 bits per heavy atom. The highest BCUT2D eigenvalue weighted by atomic mass is 16.5. The molecule has 0 aliphatic carbocycles. The fourth-order valence-corrected chi connectivity index (χ4v) is 3.69. The maximum atomic E-state index is 11.8. The molecule has 0 aliphatic heterocycles. The van der Waals surface area contributed by atoms with E-state index in [2.05, 4.69) is 9.98 Å². The quantitative estimate of drug-likeness (QED) is 0.391. The molecule has 3 aromatic carbocycles. The summed E-state index contributed by atoms with van der Waals surface area (Å²) in [4.78, 5) is 30.5. The third-order valence-corrected chi connectivity index (χ3v) is 5.12. The summed E-state index contributed by atoms with van der Waals surface area (Å²) in [5.74, 6) is -1.03. The number of aliphatic imine (C=N–C) groups is 1. The van der Waals surface area contributed by atoms with Crippen LogP contribution >= 0.6 is 0 Å². The molecule has 0 saturated heterocycles. The molecule has 166 valence electrons.